The lowest BCUT2D eigenvalue weighted by atomic mass is 9.81. The second-order valence-electron chi connectivity index (χ2n) is 6.72. The van der Waals surface area contributed by atoms with Gasteiger partial charge in [-0.05, 0) is 30.2 Å². The molecule has 1 N–H and O–H groups in total. The zero-order valence-electron chi connectivity index (χ0n) is 13.0. The van der Waals surface area contributed by atoms with Crippen LogP contribution in [0.4, 0.5) is 0 Å². The fraction of sp³-hybridized carbons (Fsp3) is 0.588. The van der Waals surface area contributed by atoms with E-state index in [-0.39, 0.29) is 5.41 Å². The van der Waals surface area contributed by atoms with Crippen molar-refractivity contribution in [2.45, 2.75) is 57.8 Å². The van der Waals surface area contributed by atoms with E-state index in [4.69, 9.17) is 4.74 Å². The Bertz CT molecular complexity index is 534. The average molecular weight is 276 g/mol. The van der Waals surface area contributed by atoms with Crippen LogP contribution in [0.15, 0.2) is 12.1 Å². The highest BCUT2D eigenvalue weighted by molar-refractivity contribution is 5.86. The second kappa shape index (κ2) is 4.80. The van der Waals surface area contributed by atoms with Gasteiger partial charge in [0.1, 0.15) is 5.75 Å². The highest BCUT2D eigenvalue weighted by atomic mass is 16.5. The summed E-state index contributed by atoms with van der Waals surface area (Å²) in [7, 11) is 1.64. The molecule has 1 aromatic carbocycles. The first-order valence-electron chi connectivity index (χ1n) is 7.21. The van der Waals surface area contributed by atoms with Crippen molar-refractivity contribution in [2.75, 3.05) is 7.11 Å². The molecule has 0 atom stereocenters. The zero-order valence-corrected chi connectivity index (χ0v) is 13.0. The van der Waals surface area contributed by atoms with Gasteiger partial charge in [0.2, 0.25) is 0 Å². The van der Waals surface area contributed by atoms with Gasteiger partial charge in [0.25, 0.3) is 0 Å². The summed E-state index contributed by atoms with van der Waals surface area (Å²) in [6.07, 6.45) is 2.31. The van der Waals surface area contributed by atoms with Gasteiger partial charge < -0.3 is 9.84 Å². The molecule has 110 valence electrons. The predicted octanol–water partition coefficient (Wildman–Crippen LogP) is 3.67. The lowest BCUT2D eigenvalue weighted by Crippen LogP contribution is -2.23. The molecule has 3 nitrogen and oxygen atoms in total. The summed E-state index contributed by atoms with van der Waals surface area (Å²) in [6.45, 7) is 8.50. The van der Waals surface area contributed by atoms with Crippen molar-refractivity contribution in [3.05, 3.63) is 28.8 Å². The summed E-state index contributed by atoms with van der Waals surface area (Å²) < 4.78 is 5.62. The van der Waals surface area contributed by atoms with E-state index in [9.17, 15) is 9.90 Å². The lowest BCUT2D eigenvalue weighted by molar-refractivity contribution is -0.140. The molecular formula is C17H24O3. The van der Waals surface area contributed by atoms with Gasteiger partial charge in [0.05, 0.1) is 12.5 Å². The Balaban J connectivity index is 2.70. The van der Waals surface area contributed by atoms with E-state index in [0.717, 1.165) is 23.3 Å². The van der Waals surface area contributed by atoms with Gasteiger partial charge in [0.15, 0.2) is 0 Å². The van der Waals surface area contributed by atoms with Crippen LogP contribution >= 0.6 is 0 Å². The van der Waals surface area contributed by atoms with Crippen molar-refractivity contribution in [2.24, 2.45) is 0 Å². The molecule has 0 aliphatic heterocycles. The smallest absolute Gasteiger partial charge is 0.314 e. The molecule has 0 saturated heterocycles. The molecule has 2 rings (SSSR count). The molecule has 3 heteroatoms. The second-order valence-corrected chi connectivity index (χ2v) is 6.72. The summed E-state index contributed by atoms with van der Waals surface area (Å²) >= 11 is 0. The Hall–Kier alpha value is -1.51. The average Bonchev–Trinajstić information content (AvgIpc) is 3.17. The molecule has 0 spiro atoms. The summed E-state index contributed by atoms with van der Waals surface area (Å²) in [4.78, 5) is 11.7. The molecule has 0 amide bonds. The third-order valence-corrected chi connectivity index (χ3v) is 4.24. The minimum Gasteiger partial charge on any atom is -0.496 e. The first-order chi connectivity index (χ1) is 9.26. The standard InChI is InChI=1S/C17H24O3/c1-6-11-9-12(16(2,3)4)14(20-5)13(10-11)17(7-8-17)15(18)19/h9-10H,6-8H2,1-5H3,(H,18,19). The van der Waals surface area contributed by atoms with E-state index >= 15 is 0 Å². The van der Waals surface area contributed by atoms with Crippen LogP contribution in [0.2, 0.25) is 0 Å². The van der Waals surface area contributed by atoms with Gasteiger partial charge >= 0.3 is 5.97 Å². The highest BCUT2D eigenvalue weighted by Gasteiger charge is 2.54. The number of carboxylic acids is 1. The third kappa shape index (κ3) is 2.30. The SMILES string of the molecule is CCc1cc(C(C)(C)C)c(OC)c(C2(C(=O)O)CC2)c1. The van der Waals surface area contributed by atoms with Crippen LogP contribution in [0.5, 0.6) is 5.75 Å². The summed E-state index contributed by atoms with van der Waals surface area (Å²) in [5.41, 5.74) is 2.34. The zero-order chi connectivity index (χ0) is 15.1. The van der Waals surface area contributed by atoms with E-state index in [2.05, 4.69) is 33.8 Å². The van der Waals surface area contributed by atoms with E-state index in [0.29, 0.717) is 12.8 Å². The Labute approximate surface area is 121 Å². The molecule has 0 heterocycles. The van der Waals surface area contributed by atoms with Crippen LogP contribution in [-0.2, 0) is 22.0 Å². The first-order valence-corrected chi connectivity index (χ1v) is 7.21. The van der Waals surface area contributed by atoms with Crippen LogP contribution in [0.3, 0.4) is 0 Å². The summed E-state index contributed by atoms with van der Waals surface area (Å²) in [6, 6.07) is 4.18. The Morgan fingerprint density at radius 2 is 1.95 bits per heavy atom. The molecular weight excluding hydrogens is 252 g/mol. The molecule has 0 radical (unpaired) electrons. The number of rotatable bonds is 4. The van der Waals surface area contributed by atoms with Crippen LogP contribution in [0.25, 0.3) is 0 Å². The fourth-order valence-corrected chi connectivity index (χ4v) is 2.75. The molecule has 1 aliphatic rings. The quantitative estimate of drug-likeness (QED) is 0.912. The van der Waals surface area contributed by atoms with Crippen molar-refractivity contribution in [1.82, 2.24) is 0 Å². The van der Waals surface area contributed by atoms with Gasteiger partial charge in [-0.15, -0.1) is 0 Å². The molecule has 0 aromatic heterocycles. The van der Waals surface area contributed by atoms with Crippen molar-refractivity contribution >= 4 is 5.97 Å². The van der Waals surface area contributed by atoms with E-state index in [1.807, 2.05) is 6.07 Å². The van der Waals surface area contributed by atoms with Crippen molar-refractivity contribution in [3.63, 3.8) is 0 Å². The largest absolute Gasteiger partial charge is 0.496 e. The number of carboxylic acid groups (broad SMARTS) is 1. The Morgan fingerprint density at radius 3 is 2.30 bits per heavy atom. The molecule has 1 aromatic rings. The van der Waals surface area contributed by atoms with Gasteiger partial charge in [-0.2, -0.15) is 0 Å². The number of ether oxygens (including phenoxy) is 1. The van der Waals surface area contributed by atoms with Gasteiger partial charge in [0, 0.05) is 11.1 Å². The number of carbonyl (C=O) groups is 1. The molecule has 1 fully saturated rings. The van der Waals surface area contributed by atoms with Crippen LogP contribution in [-0.4, -0.2) is 18.2 Å². The Kier molecular flexibility index (Phi) is 3.57. The Morgan fingerprint density at radius 1 is 1.35 bits per heavy atom. The maximum Gasteiger partial charge on any atom is 0.314 e. The van der Waals surface area contributed by atoms with Gasteiger partial charge in [-0.25, -0.2) is 0 Å². The van der Waals surface area contributed by atoms with Crippen molar-refractivity contribution < 1.29 is 14.6 Å². The van der Waals surface area contributed by atoms with Crippen LogP contribution in [0.1, 0.15) is 57.2 Å². The highest BCUT2D eigenvalue weighted by Crippen LogP contribution is 2.53. The van der Waals surface area contributed by atoms with E-state index in [1.165, 1.54) is 5.56 Å². The van der Waals surface area contributed by atoms with Gasteiger partial charge in [-0.3, -0.25) is 4.79 Å². The maximum atomic E-state index is 11.7. The predicted molar refractivity (Wildman–Crippen MR) is 79.6 cm³/mol. The molecule has 1 aliphatic carbocycles. The number of hydrogen-bond acceptors (Lipinski definition) is 2. The molecule has 0 unspecified atom stereocenters. The van der Waals surface area contributed by atoms with Gasteiger partial charge in [-0.1, -0.05) is 39.8 Å². The van der Waals surface area contributed by atoms with Crippen LogP contribution in [0, 0.1) is 0 Å². The number of benzene rings is 1. The number of aliphatic carboxylic acids is 1. The van der Waals surface area contributed by atoms with Crippen molar-refractivity contribution in [1.29, 1.82) is 0 Å². The molecule has 1 saturated carbocycles. The summed E-state index contributed by atoms with van der Waals surface area (Å²) in [5.74, 6) is 0.0264. The third-order valence-electron chi connectivity index (χ3n) is 4.24. The van der Waals surface area contributed by atoms with Crippen LogP contribution < -0.4 is 4.74 Å². The number of hydrogen-bond donors (Lipinski definition) is 1. The molecule has 0 bridgehead atoms. The minimum atomic E-state index is -0.732. The maximum absolute atomic E-state index is 11.7. The first kappa shape index (κ1) is 14.9. The monoisotopic (exact) mass is 276 g/mol. The van der Waals surface area contributed by atoms with E-state index in [1.54, 1.807) is 7.11 Å². The fourth-order valence-electron chi connectivity index (χ4n) is 2.75. The summed E-state index contributed by atoms with van der Waals surface area (Å²) in [5, 5.41) is 9.58. The topological polar surface area (TPSA) is 46.5 Å². The number of aryl methyl sites for hydroxylation is 1. The van der Waals surface area contributed by atoms with Crippen molar-refractivity contribution in [3.8, 4) is 5.75 Å². The minimum absolute atomic E-state index is 0.0696. The molecule has 20 heavy (non-hydrogen) atoms. The normalized spacial score (nSPS) is 16.9. The lowest BCUT2D eigenvalue weighted by Gasteiger charge is -2.27. The number of methoxy groups -OCH3 is 1. The van der Waals surface area contributed by atoms with E-state index < -0.39 is 11.4 Å².